The van der Waals surface area contributed by atoms with E-state index in [0.717, 1.165) is 39.7 Å². The van der Waals surface area contributed by atoms with Crippen LogP contribution in [0.2, 0.25) is 0 Å². The van der Waals surface area contributed by atoms with Crippen molar-refractivity contribution in [2.45, 2.75) is 38.0 Å². The maximum atomic E-state index is 6.27. The van der Waals surface area contributed by atoms with Crippen LogP contribution in [0.15, 0.2) is 204 Å². The summed E-state index contributed by atoms with van der Waals surface area (Å²) < 4.78 is 6.27. The second-order valence-corrected chi connectivity index (χ2v) is 16.8. The van der Waals surface area contributed by atoms with Crippen LogP contribution in [-0.4, -0.2) is 0 Å². The number of nitrogens with zero attached hydrogens (tertiary/aromatic N) is 1. The molecule has 0 N–H and O–H groups in total. The van der Waals surface area contributed by atoms with Crippen molar-refractivity contribution in [1.82, 2.24) is 0 Å². The third kappa shape index (κ3) is 5.55. The Morgan fingerprint density at radius 3 is 2.00 bits per heavy atom. The van der Waals surface area contributed by atoms with Gasteiger partial charge < -0.3 is 9.32 Å². The molecule has 2 nitrogen and oxygen atoms in total. The lowest BCUT2D eigenvalue weighted by Crippen LogP contribution is -2.24. The lowest BCUT2D eigenvalue weighted by molar-refractivity contribution is 0.595. The van der Waals surface area contributed by atoms with Crippen molar-refractivity contribution in [3.05, 3.63) is 217 Å². The monoisotopic (exact) mass is 745 g/mol. The molecule has 0 saturated carbocycles. The molecule has 1 aromatic heterocycles. The molecule has 278 valence electrons. The number of para-hydroxylation sites is 1. The minimum atomic E-state index is -0.146. The van der Waals surface area contributed by atoms with E-state index < -0.39 is 0 Å². The molecular weight excluding hydrogens is 703 g/mol. The quantitative estimate of drug-likeness (QED) is 0.169. The van der Waals surface area contributed by atoms with E-state index in [-0.39, 0.29) is 10.8 Å². The Morgan fingerprint density at radius 2 is 1.16 bits per heavy atom. The van der Waals surface area contributed by atoms with E-state index in [1.54, 1.807) is 0 Å². The van der Waals surface area contributed by atoms with Crippen molar-refractivity contribution in [2.75, 3.05) is 4.90 Å². The maximum absolute atomic E-state index is 6.27. The normalized spacial score (nSPS) is 16.7. The summed E-state index contributed by atoms with van der Waals surface area (Å²) in [4.78, 5) is 2.43. The standard InChI is InChI=1S/C56H43NO/c1-55(2)51-17-8-6-15-47(51)48-27-25-46(36-52(48)55)57(45-26-28-54-50(35-45)49-16-7-9-18-53(49)58-54)44-29-31-56(3,32-30-44)43-23-21-38(22-24-43)40-13-10-14-41(33-40)42-20-19-37-11-4-5-12-39(37)34-42/h4-31,33-36H,32H2,1-3H3. The van der Waals surface area contributed by atoms with Gasteiger partial charge >= 0.3 is 0 Å². The summed E-state index contributed by atoms with van der Waals surface area (Å²) in [6.45, 7) is 7.07. The highest BCUT2D eigenvalue weighted by Gasteiger charge is 2.36. The van der Waals surface area contributed by atoms with Crippen LogP contribution in [0.5, 0.6) is 0 Å². The van der Waals surface area contributed by atoms with Gasteiger partial charge in [-0.15, -0.1) is 0 Å². The smallest absolute Gasteiger partial charge is 0.135 e. The van der Waals surface area contributed by atoms with Crippen molar-refractivity contribution in [3.63, 3.8) is 0 Å². The Balaban J connectivity index is 0.929. The van der Waals surface area contributed by atoms with E-state index in [2.05, 4.69) is 214 Å². The first-order valence-electron chi connectivity index (χ1n) is 20.4. The summed E-state index contributed by atoms with van der Waals surface area (Å²) in [5.41, 5.74) is 16.6. The minimum absolute atomic E-state index is 0.0996. The second-order valence-electron chi connectivity index (χ2n) is 16.8. The van der Waals surface area contributed by atoms with Crippen LogP contribution in [0.25, 0.3) is 66.1 Å². The van der Waals surface area contributed by atoms with Crippen LogP contribution in [-0.2, 0) is 10.8 Å². The van der Waals surface area contributed by atoms with E-state index in [1.165, 1.54) is 66.5 Å². The maximum Gasteiger partial charge on any atom is 0.135 e. The molecule has 1 heterocycles. The van der Waals surface area contributed by atoms with Gasteiger partial charge in [0.15, 0.2) is 0 Å². The van der Waals surface area contributed by atoms with E-state index in [0.29, 0.717) is 0 Å². The van der Waals surface area contributed by atoms with E-state index in [1.807, 2.05) is 6.07 Å². The molecule has 0 spiro atoms. The van der Waals surface area contributed by atoms with Gasteiger partial charge in [0.25, 0.3) is 0 Å². The summed E-state index contributed by atoms with van der Waals surface area (Å²) in [5.74, 6) is 0. The Hall–Kier alpha value is -6.90. The first-order chi connectivity index (χ1) is 28.3. The van der Waals surface area contributed by atoms with E-state index in [9.17, 15) is 0 Å². The van der Waals surface area contributed by atoms with E-state index >= 15 is 0 Å². The minimum Gasteiger partial charge on any atom is -0.456 e. The zero-order chi connectivity index (χ0) is 39.0. The molecule has 0 aliphatic heterocycles. The molecule has 58 heavy (non-hydrogen) atoms. The highest BCUT2D eigenvalue weighted by Crippen LogP contribution is 2.51. The van der Waals surface area contributed by atoms with Gasteiger partial charge in [-0.05, 0) is 122 Å². The molecule has 9 aromatic rings. The van der Waals surface area contributed by atoms with Crippen molar-refractivity contribution in [3.8, 4) is 33.4 Å². The summed E-state index contributed by atoms with van der Waals surface area (Å²) in [7, 11) is 0. The summed E-state index contributed by atoms with van der Waals surface area (Å²) in [6, 6.07) is 64.3. The molecule has 0 fully saturated rings. The van der Waals surface area contributed by atoms with Gasteiger partial charge in [-0.3, -0.25) is 0 Å². The van der Waals surface area contributed by atoms with Gasteiger partial charge in [-0.2, -0.15) is 0 Å². The molecule has 2 aliphatic carbocycles. The van der Waals surface area contributed by atoms with Crippen molar-refractivity contribution in [2.24, 2.45) is 0 Å². The number of allylic oxidation sites excluding steroid dienone is 3. The van der Waals surface area contributed by atoms with Gasteiger partial charge in [0.05, 0.1) is 0 Å². The summed E-state index contributed by atoms with van der Waals surface area (Å²) >= 11 is 0. The molecule has 1 atom stereocenters. The first-order valence-corrected chi connectivity index (χ1v) is 20.4. The van der Waals surface area contributed by atoms with Gasteiger partial charge in [0.1, 0.15) is 11.2 Å². The number of rotatable bonds is 6. The van der Waals surface area contributed by atoms with Crippen LogP contribution in [0, 0.1) is 0 Å². The average Bonchev–Trinajstić information content (AvgIpc) is 3.75. The molecule has 0 saturated heterocycles. The summed E-state index contributed by atoms with van der Waals surface area (Å²) in [5, 5.41) is 4.79. The molecule has 11 rings (SSSR count). The fourth-order valence-electron chi connectivity index (χ4n) is 9.52. The average molecular weight is 746 g/mol. The van der Waals surface area contributed by atoms with Crippen molar-refractivity contribution < 1.29 is 4.42 Å². The third-order valence-corrected chi connectivity index (χ3v) is 12.9. The number of anilines is 2. The molecular formula is C56H43NO. The Morgan fingerprint density at radius 1 is 0.483 bits per heavy atom. The number of furan rings is 1. The number of benzene rings is 8. The third-order valence-electron chi connectivity index (χ3n) is 12.9. The van der Waals surface area contributed by atoms with Crippen LogP contribution >= 0.6 is 0 Å². The zero-order valence-electron chi connectivity index (χ0n) is 33.0. The Bertz CT molecular complexity index is 3140. The fourth-order valence-corrected chi connectivity index (χ4v) is 9.52. The second kappa shape index (κ2) is 13.1. The molecule has 8 aromatic carbocycles. The van der Waals surface area contributed by atoms with Crippen LogP contribution in [0.1, 0.15) is 43.9 Å². The van der Waals surface area contributed by atoms with Gasteiger partial charge in [-0.25, -0.2) is 0 Å². The number of hydrogen-bond donors (Lipinski definition) is 0. The number of fused-ring (bicyclic) bond motifs is 7. The fraction of sp³-hybridized carbons (Fsp3) is 0.107. The Kier molecular flexibility index (Phi) is 7.75. The molecule has 0 bridgehead atoms. The molecule has 1 unspecified atom stereocenters. The molecule has 2 heteroatoms. The number of hydrogen-bond acceptors (Lipinski definition) is 2. The summed E-state index contributed by atoms with van der Waals surface area (Å²) in [6.07, 6.45) is 8.04. The van der Waals surface area contributed by atoms with Crippen LogP contribution in [0.4, 0.5) is 11.4 Å². The van der Waals surface area contributed by atoms with Gasteiger partial charge in [0, 0.05) is 38.7 Å². The highest BCUT2D eigenvalue weighted by molar-refractivity contribution is 6.06. The highest BCUT2D eigenvalue weighted by atomic mass is 16.3. The zero-order valence-corrected chi connectivity index (χ0v) is 33.0. The van der Waals surface area contributed by atoms with Crippen molar-refractivity contribution in [1.29, 1.82) is 0 Å². The lowest BCUT2D eigenvalue weighted by atomic mass is 9.76. The lowest BCUT2D eigenvalue weighted by Gasteiger charge is -2.34. The molecule has 0 radical (unpaired) electrons. The SMILES string of the molecule is CC1(c2ccc(-c3cccc(-c4ccc5ccccc5c4)c3)cc2)C=CC(N(c2ccc3c(c2)C(C)(C)c2ccccc2-3)c2ccc3oc4ccccc4c3c2)=CC1. The molecule has 0 amide bonds. The largest absolute Gasteiger partial charge is 0.456 e. The van der Waals surface area contributed by atoms with Gasteiger partial charge in [0.2, 0.25) is 0 Å². The van der Waals surface area contributed by atoms with E-state index in [4.69, 9.17) is 4.42 Å². The Labute approximate surface area is 340 Å². The molecule has 2 aliphatic rings. The topological polar surface area (TPSA) is 16.4 Å². The van der Waals surface area contributed by atoms with Crippen molar-refractivity contribution >= 4 is 44.1 Å². The predicted molar refractivity (Wildman–Crippen MR) is 244 cm³/mol. The van der Waals surface area contributed by atoms with Crippen LogP contribution < -0.4 is 4.90 Å². The van der Waals surface area contributed by atoms with Crippen LogP contribution in [0.3, 0.4) is 0 Å². The first kappa shape index (κ1) is 34.4. The van der Waals surface area contributed by atoms with Gasteiger partial charge in [-0.1, -0.05) is 160 Å². The predicted octanol–water partition coefficient (Wildman–Crippen LogP) is 15.3.